The maximum absolute atomic E-state index is 11.8. The Balaban J connectivity index is 2.61. The molecule has 88 valence electrons. The van der Waals surface area contributed by atoms with Crippen LogP contribution in [-0.2, 0) is 6.54 Å². The van der Waals surface area contributed by atoms with E-state index in [1.165, 1.54) is 6.07 Å². The molecule has 0 aromatic heterocycles. The number of alkyl halides is 1. The highest BCUT2D eigenvalue weighted by Crippen LogP contribution is 2.25. The number of nitrogens with zero attached hydrogens (tertiary/aromatic N) is 1. The molecule has 0 radical (unpaired) electrons. The van der Waals surface area contributed by atoms with E-state index in [0.29, 0.717) is 24.0 Å². The Morgan fingerprint density at radius 1 is 1.50 bits per heavy atom. The summed E-state index contributed by atoms with van der Waals surface area (Å²) in [6.45, 7) is 0.724. The lowest BCUT2D eigenvalue weighted by Crippen LogP contribution is -2.15. The number of nitrogens with one attached hydrogen (secondary N) is 1. The summed E-state index contributed by atoms with van der Waals surface area (Å²) in [6, 6.07) is 4.94. The van der Waals surface area contributed by atoms with Crippen LogP contribution >= 0.6 is 15.9 Å². The van der Waals surface area contributed by atoms with Gasteiger partial charge in [0.1, 0.15) is 0 Å². The smallest absolute Gasteiger partial charge is 0.283 e. The average molecular weight is 291 g/mol. The van der Waals surface area contributed by atoms with Gasteiger partial charge in [-0.15, -0.1) is 0 Å². The summed E-state index contributed by atoms with van der Waals surface area (Å²) >= 11 is 3.11. The summed E-state index contributed by atoms with van der Waals surface area (Å²) in [7, 11) is 0. The Morgan fingerprint density at radius 3 is 2.88 bits per heavy atom. The predicted molar refractivity (Wildman–Crippen MR) is 63.1 cm³/mol. The van der Waals surface area contributed by atoms with Gasteiger partial charge in [0.25, 0.3) is 5.69 Å². The molecule has 0 heterocycles. The molecular formula is C10H12BrFN2O2. The molecule has 1 aromatic carbocycles. The van der Waals surface area contributed by atoms with Crippen LogP contribution in [0.1, 0.15) is 12.0 Å². The van der Waals surface area contributed by atoms with Crippen LogP contribution in [0.2, 0.25) is 0 Å². The molecule has 16 heavy (non-hydrogen) atoms. The lowest BCUT2D eigenvalue weighted by Gasteiger charge is -2.04. The van der Waals surface area contributed by atoms with Crippen LogP contribution in [0.25, 0.3) is 0 Å². The van der Waals surface area contributed by atoms with Gasteiger partial charge in [-0.05, 0) is 40.5 Å². The molecule has 0 saturated heterocycles. The van der Waals surface area contributed by atoms with Gasteiger partial charge < -0.3 is 5.32 Å². The van der Waals surface area contributed by atoms with Crippen molar-refractivity contribution in [3.05, 3.63) is 38.3 Å². The van der Waals surface area contributed by atoms with Crippen molar-refractivity contribution in [1.29, 1.82) is 0 Å². The molecule has 0 saturated carbocycles. The molecule has 6 heteroatoms. The van der Waals surface area contributed by atoms with E-state index in [0.717, 1.165) is 5.56 Å². The third-order valence-corrected chi connectivity index (χ3v) is 2.69. The molecule has 1 N–H and O–H groups in total. The summed E-state index contributed by atoms with van der Waals surface area (Å²) in [5, 5.41) is 13.7. The Kier molecular flexibility index (Phi) is 5.34. The minimum Gasteiger partial charge on any atom is -0.313 e. The van der Waals surface area contributed by atoms with Crippen LogP contribution in [0, 0.1) is 10.1 Å². The van der Waals surface area contributed by atoms with Gasteiger partial charge in [0.2, 0.25) is 0 Å². The molecule has 0 spiro atoms. The van der Waals surface area contributed by atoms with Crippen LogP contribution in [0.3, 0.4) is 0 Å². The first kappa shape index (κ1) is 13.1. The summed E-state index contributed by atoms with van der Waals surface area (Å²) in [6.07, 6.45) is 0.457. The van der Waals surface area contributed by atoms with Crippen molar-refractivity contribution in [2.45, 2.75) is 13.0 Å². The summed E-state index contributed by atoms with van der Waals surface area (Å²) in [4.78, 5) is 10.2. The van der Waals surface area contributed by atoms with Gasteiger partial charge in [0.15, 0.2) is 0 Å². The second kappa shape index (κ2) is 6.55. The van der Waals surface area contributed by atoms with Crippen molar-refractivity contribution >= 4 is 21.6 Å². The third kappa shape index (κ3) is 3.86. The fourth-order valence-electron chi connectivity index (χ4n) is 1.23. The zero-order valence-corrected chi connectivity index (χ0v) is 10.2. The fourth-order valence-corrected chi connectivity index (χ4v) is 1.62. The van der Waals surface area contributed by atoms with E-state index in [2.05, 4.69) is 21.2 Å². The molecule has 0 aliphatic rings. The molecule has 0 fully saturated rings. The first-order valence-electron chi connectivity index (χ1n) is 4.84. The van der Waals surface area contributed by atoms with Gasteiger partial charge in [-0.3, -0.25) is 14.5 Å². The minimum absolute atomic E-state index is 0.0461. The van der Waals surface area contributed by atoms with Crippen LogP contribution in [0.5, 0.6) is 0 Å². The number of nitro benzene ring substituents is 1. The largest absolute Gasteiger partial charge is 0.313 e. The van der Waals surface area contributed by atoms with Crippen LogP contribution < -0.4 is 5.32 Å². The monoisotopic (exact) mass is 290 g/mol. The normalized spacial score (nSPS) is 10.4. The molecule has 4 nitrogen and oxygen atoms in total. The number of nitro groups is 1. The van der Waals surface area contributed by atoms with Crippen LogP contribution in [0.4, 0.5) is 10.1 Å². The van der Waals surface area contributed by atoms with Gasteiger partial charge in [-0.25, -0.2) is 0 Å². The van der Waals surface area contributed by atoms with E-state index in [1.54, 1.807) is 12.1 Å². The second-order valence-corrected chi connectivity index (χ2v) is 4.12. The Morgan fingerprint density at radius 2 is 2.25 bits per heavy atom. The zero-order chi connectivity index (χ0) is 12.0. The molecule has 0 amide bonds. The van der Waals surface area contributed by atoms with E-state index < -0.39 is 4.92 Å². The van der Waals surface area contributed by atoms with Crippen molar-refractivity contribution in [1.82, 2.24) is 5.32 Å². The quantitative estimate of drug-likeness (QED) is 0.498. The summed E-state index contributed by atoms with van der Waals surface area (Å²) < 4.78 is 12.3. The number of halogens is 2. The fraction of sp³-hybridized carbons (Fsp3) is 0.400. The van der Waals surface area contributed by atoms with Crippen molar-refractivity contribution in [2.75, 3.05) is 13.2 Å². The predicted octanol–water partition coefficient (Wildman–Crippen LogP) is 2.81. The molecule has 1 rings (SSSR count). The van der Waals surface area contributed by atoms with Gasteiger partial charge in [-0.2, -0.15) is 0 Å². The van der Waals surface area contributed by atoms with E-state index in [-0.39, 0.29) is 12.4 Å². The van der Waals surface area contributed by atoms with E-state index in [9.17, 15) is 14.5 Å². The lowest BCUT2D eigenvalue weighted by atomic mass is 10.2. The maximum Gasteiger partial charge on any atom is 0.283 e. The number of hydrogen-bond acceptors (Lipinski definition) is 3. The van der Waals surface area contributed by atoms with Crippen molar-refractivity contribution < 1.29 is 9.31 Å². The topological polar surface area (TPSA) is 55.2 Å². The Labute approximate surface area is 101 Å². The van der Waals surface area contributed by atoms with E-state index >= 15 is 0 Å². The highest BCUT2D eigenvalue weighted by Gasteiger charge is 2.11. The summed E-state index contributed by atoms with van der Waals surface area (Å²) in [5.74, 6) is 0. The highest BCUT2D eigenvalue weighted by atomic mass is 79.9. The molecule has 0 atom stereocenters. The molecule has 0 aliphatic heterocycles. The first-order valence-corrected chi connectivity index (χ1v) is 5.64. The average Bonchev–Trinajstić information content (AvgIpc) is 2.26. The Hall–Kier alpha value is -1.01. The SMILES string of the molecule is O=[N+]([O-])c1cc(CNCCCF)ccc1Br. The van der Waals surface area contributed by atoms with Crippen molar-refractivity contribution in [3.63, 3.8) is 0 Å². The second-order valence-electron chi connectivity index (χ2n) is 3.26. The lowest BCUT2D eigenvalue weighted by molar-refractivity contribution is -0.385. The van der Waals surface area contributed by atoms with Crippen molar-refractivity contribution in [2.24, 2.45) is 0 Å². The van der Waals surface area contributed by atoms with Gasteiger partial charge in [0.05, 0.1) is 16.1 Å². The summed E-state index contributed by atoms with van der Waals surface area (Å²) in [5.41, 5.74) is 0.860. The Bertz CT molecular complexity index is 374. The molecular weight excluding hydrogens is 279 g/mol. The van der Waals surface area contributed by atoms with Crippen molar-refractivity contribution in [3.8, 4) is 0 Å². The maximum atomic E-state index is 11.8. The number of rotatable bonds is 6. The first-order chi connectivity index (χ1) is 7.65. The van der Waals surface area contributed by atoms with Crippen LogP contribution in [0.15, 0.2) is 22.7 Å². The molecule has 0 bridgehead atoms. The van der Waals surface area contributed by atoms with E-state index in [1.807, 2.05) is 0 Å². The minimum atomic E-state index is -0.435. The van der Waals surface area contributed by atoms with Crippen LogP contribution in [-0.4, -0.2) is 18.1 Å². The van der Waals surface area contributed by atoms with Gasteiger partial charge >= 0.3 is 0 Å². The van der Waals surface area contributed by atoms with Gasteiger partial charge in [-0.1, -0.05) is 6.07 Å². The van der Waals surface area contributed by atoms with E-state index in [4.69, 9.17) is 0 Å². The molecule has 0 unspecified atom stereocenters. The van der Waals surface area contributed by atoms with Gasteiger partial charge in [0, 0.05) is 12.6 Å². The molecule has 0 aliphatic carbocycles. The number of hydrogen-bond donors (Lipinski definition) is 1. The highest BCUT2D eigenvalue weighted by molar-refractivity contribution is 9.10. The molecule has 1 aromatic rings. The number of benzene rings is 1. The third-order valence-electron chi connectivity index (χ3n) is 2.02. The zero-order valence-electron chi connectivity index (χ0n) is 8.58. The standard InChI is InChI=1S/C10H12BrFN2O2/c11-9-3-2-8(6-10(9)14(15)16)7-13-5-1-4-12/h2-3,6,13H,1,4-5,7H2.